The molecule has 4 heterocycles. The number of carbonyl (C=O) groups is 2. The molecule has 11 heteroatoms. The lowest BCUT2D eigenvalue weighted by Gasteiger charge is -2.23. The van der Waals surface area contributed by atoms with Gasteiger partial charge < -0.3 is 10.2 Å². The third kappa shape index (κ3) is 5.64. The summed E-state index contributed by atoms with van der Waals surface area (Å²) >= 11 is 1.27. The summed E-state index contributed by atoms with van der Waals surface area (Å²) in [4.78, 5) is 37.0. The summed E-state index contributed by atoms with van der Waals surface area (Å²) < 4.78 is 48.0. The first-order valence-corrected chi connectivity index (χ1v) is 15.0. The van der Waals surface area contributed by atoms with Crippen LogP contribution in [0.3, 0.4) is 0 Å². The van der Waals surface area contributed by atoms with Crippen molar-refractivity contribution in [3.8, 4) is 22.4 Å². The maximum atomic E-state index is 13.4. The van der Waals surface area contributed by atoms with E-state index in [1.807, 2.05) is 55.6 Å². The van der Waals surface area contributed by atoms with E-state index in [-0.39, 0.29) is 12.1 Å². The zero-order chi connectivity index (χ0) is 30.4. The van der Waals surface area contributed by atoms with Gasteiger partial charge in [0, 0.05) is 44.9 Å². The molecule has 1 N–H and O–H groups in total. The molecule has 1 saturated heterocycles. The number of anilines is 1. The number of benzene rings is 1. The molecule has 202 valence electrons. The van der Waals surface area contributed by atoms with Gasteiger partial charge in [-0.1, -0.05) is 18.2 Å². The fraction of sp³-hybridized carbons (Fsp3) is 0.286. The van der Waals surface area contributed by atoms with Crippen molar-refractivity contribution in [3.05, 3.63) is 76.7 Å². The lowest BCUT2D eigenvalue weighted by Crippen LogP contribution is -2.43. The molecule has 1 aliphatic rings. The Morgan fingerprint density at radius 2 is 1.82 bits per heavy atom. The fourth-order valence-corrected chi connectivity index (χ4v) is 6.23. The number of carbonyl (C=O) groups excluding carboxylic acids is 2. The van der Waals surface area contributed by atoms with Crippen LogP contribution < -0.4 is 5.32 Å². The van der Waals surface area contributed by atoms with Gasteiger partial charge in [0.15, 0.2) is 5.13 Å². The van der Waals surface area contributed by atoms with Crippen molar-refractivity contribution in [3.63, 3.8) is 0 Å². The summed E-state index contributed by atoms with van der Waals surface area (Å²) in [7, 11) is -3.97. The monoisotopic (exact) mass is 566 g/mol. The minimum Gasteiger partial charge on any atom is -0.327 e. The largest absolute Gasteiger partial charge is 0.327 e. The van der Waals surface area contributed by atoms with Crippen LogP contribution in [0.15, 0.2) is 54.0 Å². The number of aromatic nitrogens is 3. The van der Waals surface area contributed by atoms with Crippen molar-refractivity contribution < 1.29 is 22.1 Å². The van der Waals surface area contributed by atoms with Gasteiger partial charge in [0.1, 0.15) is 6.04 Å². The molecule has 1 fully saturated rings. The standard InChI is InChI=1S/C28H29N5O4S2/c1-17-11-22(12-18(2)29-17)20-7-5-8-21(14-20)24-16-38-28(30-24)31-26(34)25-9-6-10-32(25)27(35)23-13-19(3)33(15-23)39(4,36)37/h5,7-8,11-16,25H,6,9-10H2,1-4H3,(H,30,31,34)/t25-/m0/s1/i3D3. The molecule has 39 heavy (non-hydrogen) atoms. The molecule has 0 aliphatic carbocycles. The average Bonchev–Trinajstić information content (AvgIpc) is 3.67. The Labute approximate surface area is 235 Å². The third-order valence-electron chi connectivity index (χ3n) is 6.51. The number of amides is 2. The van der Waals surface area contributed by atoms with Gasteiger partial charge >= 0.3 is 0 Å². The highest BCUT2D eigenvalue weighted by Crippen LogP contribution is 2.30. The molecule has 3 aromatic heterocycles. The first-order chi connectivity index (χ1) is 19.7. The minimum absolute atomic E-state index is 0.109. The topological polar surface area (TPSA) is 114 Å². The molecular weight excluding hydrogens is 534 g/mol. The van der Waals surface area contributed by atoms with Crippen LogP contribution in [0.5, 0.6) is 0 Å². The van der Waals surface area contributed by atoms with Crippen molar-refractivity contribution in [1.29, 1.82) is 0 Å². The van der Waals surface area contributed by atoms with E-state index in [2.05, 4.69) is 15.3 Å². The van der Waals surface area contributed by atoms with Crippen LogP contribution in [0.2, 0.25) is 0 Å². The Morgan fingerprint density at radius 1 is 1.08 bits per heavy atom. The zero-order valence-electron chi connectivity index (χ0n) is 24.6. The molecule has 0 radical (unpaired) electrons. The van der Waals surface area contributed by atoms with Gasteiger partial charge in [0.2, 0.25) is 15.9 Å². The number of aryl methyl sites for hydroxylation is 3. The van der Waals surface area contributed by atoms with Crippen molar-refractivity contribution in [2.45, 2.75) is 39.6 Å². The number of thiazole rings is 1. The molecule has 5 rings (SSSR count). The van der Waals surface area contributed by atoms with E-state index in [1.165, 1.54) is 16.2 Å². The molecule has 0 saturated carbocycles. The SMILES string of the molecule is [2H]C([2H])([2H])c1cc(C(=O)N2CCC[C@H]2C(=O)Nc2nc(-c3cccc(-c4cc(C)nc(C)c4)c3)cs2)cn1S(C)(=O)=O. The molecular formula is C28H29N5O4S2. The number of hydrogen-bond acceptors (Lipinski definition) is 7. The predicted octanol–water partition coefficient (Wildman–Crippen LogP) is 4.65. The number of nitrogens with zero attached hydrogens (tertiary/aromatic N) is 4. The summed E-state index contributed by atoms with van der Waals surface area (Å²) in [6, 6.07) is 12.2. The minimum atomic E-state index is -3.97. The van der Waals surface area contributed by atoms with Crippen LogP contribution in [0.4, 0.5) is 5.13 Å². The predicted molar refractivity (Wildman–Crippen MR) is 152 cm³/mol. The van der Waals surface area contributed by atoms with Gasteiger partial charge in [-0.05, 0) is 68.9 Å². The van der Waals surface area contributed by atoms with E-state index in [0.717, 1.165) is 46.6 Å². The van der Waals surface area contributed by atoms with Gasteiger partial charge in [-0.2, -0.15) is 0 Å². The molecule has 1 aromatic carbocycles. The molecule has 0 unspecified atom stereocenters. The summed E-state index contributed by atoms with van der Waals surface area (Å²) in [5.74, 6) is -1.03. The van der Waals surface area contributed by atoms with Crippen LogP contribution >= 0.6 is 11.3 Å². The van der Waals surface area contributed by atoms with Crippen molar-refractivity contribution in [1.82, 2.24) is 18.8 Å². The van der Waals surface area contributed by atoms with Crippen molar-refractivity contribution in [2.24, 2.45) is 0 Å². The summed E-state index contributed by atoms with van der Waals surface area (Å²) in [5.41, 5.74) is 4.91. The normalized spacial score (nSPS) is 16.9. The number of hydrogen-bond donors (Lipinski definition) is 1. The molecule has 9 nitrogen and oxygen atoms in total. The highest BCUT2D eigenvalue weighted by Gasteiger charge is 2.35. The summed E-state index contributed by atoms with van der Waals surface area (Å²) in [6.45, 7) is 1.43. The number of nitrogens with one attached hydrogen (secondary N) is 1. The molecule has 0 bridgehead atoms. The Balaban J connectivity index is 1.33. The van der Waals surface area contributed by atoms with Crippen LogP contribution in [0, 0.1) is 20.7 Å². The van der Waals surface area contributed by atoms with Crippen LogP contribution in [0.1, 0.15) is 44.4 Å². The zero-order valence-corrected chi connectivity index (χ0v) is 23.3. The van der Waals surface area contributed by atoms with E-state index < -0.39 is 40.4 Å². The van der Waals surface area contributed by atoms with E-state index in [0.29, 0.717) is 27.6 Å². The highest BCUT2D eigenvalue weighted by atomic mass is 32.2. The average molecular weight is 567 g/mol. The van der Waals surface area contributed by atoms with Gasteiger partial charge in [-0.3, -0.25) is 14.6 Å². The van der Waals surface area contributed by atoms with Crippen molar-refractivity contribution in [2.75, 3.05) is 18.1 Å². The first kappa shape index (κ1) is 23.1. The Morgan fingerprint density at radius 3 is 2.51 bits per heavy atom. The smallest absolute Gasteiger partial charge is 0.256 e. The lowest BCUT2D eigenvalue weighted by molar-refractivity contribution is -0.119. The fourth-order valence-electron chi connectivity index (χ4n) is 4.80. The molecule has 4 aromatic rings. The van der Waals surface area contributed by atoms with E-state index in [1.54, 1.807) is 0 Å². The lowest BCUT2D eigenvalue weighted by atomic mass is 10.0. The van der Waals surface area contributed by atoms with Crippen molar-refractivity contribution >= 4 is 38.3 Å². The van der Waals surface area contributed by atoms with E-state index in [9.17, 15) is 18.0 Å². The molecule has 1 aliphatic heterocycles. The molecule has 0 spiro atoms. The second-order valence-electron chi connectivity index (χ2n) is 9.58. The van der Waals surface area contributed by atoms with Crippen LogP contribution in [-0.2, 0) is 14.8 Å². The van der Waals surface area contributed by atoms with Crippen LogP contribution in [-0.4, -0.2) is 57.9 Å². The molecule has 1 atom stereocenters. The van der Waals surface area contributed by atoms with Crippen LogP contribution in [0.25, 0.3) is 22.4 Å². The maximum absolute atomic E-state index is 13.4. The van der Waals surface area contributed by atoms with Gasteiger partial charge in [-0.15, -0.1) is 11.3 Å². The second-order valence-corrected chi connectivity index (χ2v) is 12.3. The first-order valence-electron chi connectivity index (χ1n) is 13.8. The Kier molecular flexibility index (Phi) is 6.15. The third-order valence-corrected chi connectivity index (χ3v) is 8.29. The summed E-state index contributed by atoms with van der Waals surface area (Å²) in [5, 5.41) is 5.04. The highest BCUT2D eigenvalue weighted by molar-refractivity contribution is 7.89. The summed E-state index contributed by atoms with van der Waals surface area (Å²) in [6.07, 6.45) is 2.83. The van der Waals surface area contributed by atoms with Gasteiger partial charge in [-0.25, -0.2) is 17.4 Å². The quantitative estimate of drug-likeness (QED) is 0.363. The maximum Gasteiger partial charge on any atom is 0.256 e. The number of likely N-dealkylation sites (tertiary alicyclic amines) is 1. The molecule has 2 amide bonds. The van der Waals surface area contributed by atoms with E-state index in [4.69, 9.17) is 4.11 Å². The van der Waals surface area contributed by atoms with E-state index >= 15 is 0 Å². The van der Waals surface area contributed by atoms with Gasteiger partial charge in [0.05, 0.1) is 17.5 Å². The number of pyridine rings is 1. The Bertz CT molecular complexity index is 1780. The second kappa shape index (κ2) is 10.4. The number of rotatable bonds is 6. The Hall–Kier alpha value is -3.83. The van der Waals surface area contributed by atoms with Gasteiger partial charge in [0.25, 0.3) is 5.91 Å².